The predicted octanol–water partition coefficient (Wildman–Crippen LogP) is 3.40. The van der Waals surface area contributed by atoms with Crippen LogP contribution < -0.4 is 14.8 Å². The molecule has 3 atom stereocenters. The summed E-state index contributed by atoms with van der Waals surface area (Å²) in [6.45, 7) is 0. The molecule has 0 bridgehead atoms. The van der Waals surface area contributed by atoms with Crippen LogP contribution in [0.25, 0.3) is 0 Å². The zero-order valence-corrected chi connectivity index (χ0v) is 12.7. The first-order chi connectivity index (χ1) is 9.80. The van der Waals surface area contributed by atoms with Gasteiger partial charge in [0.25, 0.3) is 0 Å². The molecule has 20 heavy (non-hydrogen) atoms. The molecule has 0 spiro atoms. The van der Waals surface area contributed by atoms with Crippen LogP contribution in [0.15, 0.2) is 18.2 Å². The van der Waals surface area contributed by atoms with Crippen molar-refractivity contribution in [2.24, 2.45) is 17.8 Å². The summed E-state index contributed by atoms with van der Waals surface area (Å²) in [5.74, 6) is 4.42. The van der Waals surface area contributed by atoms with E-state index >= 15 is 0 Å². The van der Waals surface area contributed by atoms with Crippen LogP contribution in [-0.4, -0.2) is 21.3 Å². The van der Waals surface area contributed by atoms with Crippen molar-refractivity contribution in [1.29, 1.82) is 0 Å². The quantitative estimate of drug-likeness (QED) is 0.893. The van der Waals surface area contributed by atoms with Crippen molar-refractivity contribution >= 4 is 0 Å². The summed E-state index contributed by atoms with van der Waals surface area (Å²) < 4.78 is 10.9. The van der Waals surface area contributed by atoms with E-state index in [4.69, 9.17) is 9.47 Å². The third kappa shape index (κ3) is 2.28. The molecule has 3 rings (SSSR count). The van der Waals surface area contributed by atoms with Crippen molar-refractivity contribution in [2.75, 3.05) is 21.3 Å². The molecule has 2 saturated carbocycles. The molecule has 0 saturated heterocycles. The van der Waals surface area contributed by atoms with Gasteiger partial charge in [0.1, 0.15) is 11.5 Å². The first kappa shape index (κ1) is 13.7. The zero-order chi connectivity index (χ0) is 14.1. The van der Waals surface area contributed by atoms with Gasteiger partial charge in [-0.05, 0) is 43.7 Å². The van der Waals surface area contributed by atoms with Crippen LogP contribution in [0.5, 0.6) is 11.5 Å². The van der Waals surface area contributed by atoms with Gasteiger partial charge < -0.3 is 14.8 Å². The van der Waals surface area contributed by atoms with Crippen molar-refractivity contribution < 1.29 is 9.47 Å². The Labute approximate surface area is 121 Å². The van der Waals surface area contributed by atoms with Crippen molar-refractivity contribution in [3.05, 3.63) is 23.8 Å². The molecule has 110 valence electrons. The van der Waals surface area contributed by atoms with Crippen molar-refractivity contribution in [1.82, 2.24) is 5.32 Å². The number of ether oxygens (including phenoxy) is 2. The Morgan fingerprint density at radius 2 is 1.80 bits per heavy atom. The summed E-state index contributed by atoms with van der Waals surface area (Å²) >= 11 is 0. The average Bonchev–Trinajstić information content (AvgIpc) is 3.23. The van der Waals surface area contributed by atoms with Gasteiger partial charge in [0, 0.05) is 17.7 Å². The topological polar surface area (TPSA) is 30.5 Å². The molecule has 2 aliphatic carbocycles. The lowest BCUT2D eigenvalue weighted by atomic mass is 9.98. The van der Waals surface area contributed by atoms with E-state index in [1.165, 1.54) is 31.2 Å². The number of fused-ring (bicyclic) bond motifs is 1. The van der Waals surface area contributed by atoms with E-state index in [1.807, 2.05) is 12.1 Å². The van der Waals surface area contributed by atoms with Gasteiger partial charge in [-0.25, -0.2) is 0 Å². The van der Waals surface area contributed by atoms with Crippen molar-refractivity contribution in [3.63, 3.8) is 0 Å². The molecule has 1 N–H and O–H groups in total. The summed E-state index contributed by atoms with van der Waals surface area (Å²) in [5, 5.41) is 3.53. The standard InChI is InChI=1S/C17H25NO2/c1-18-17(16-12-6-4-5-7-13(12)16)14-9-8-11(19-2)10-15(14)20-3/h8-10,12-13,16-18H,4-7H2,1-3H3. The van der Waals surface area contributed by atoms with E-state index in [2.05, 4.69) is 18.4 Å². The van der Waals surface area contributed by atoms with Crippen LogP contribution in [0.1, 0.15) is 37.3 Å². The Morgan fingerprint density at radius 1 is 1.10 bits per heavy atom. The average molecular weight is 275 g/mol. The molecular weight excluding hydrogens is 250 g/mol. The molecule has 3 unspecified atom stereocenters. The van der Waals surface area contributed by atoms with Gasteiger partial charge in [-0.1, -0.05) is 18.9 Å². The van der Waals surface area contributed by atoms with Gasteiger partial charge in [-0.2, -0.15) is 0 Å². The van der Waals surface area contributed by atoms with Crippen molar-refractivity contribution in [3.8, 4) is 11.5 Å². The fourth-order valence-electron chi connectivity index (χ4n) is 4.17. The normalized spacial score (nSPS) is 29.4. The lowest BCUT2D eigenvalue weighted by molar-refractivity contribution is 0.378. The van der Waals surface area contributed by atoms with Crippen molar-refractivity contribution in [2.45, 2.75) is 31.7 Å². The molecule has 0 amide bonds. The smallest absolute Gasteiger partial charge is 0.127 e. The Kier molecular flexibility index (Phi) is 3.88. The van der Waals surface area contributed by atoms with Crippen LogP contribution in [0.3, 0.4) is 0 Å². The number of benzene rings is 1. The van der Waals surface area contributed by atoms with Crippen LogP contribution in [0.4, 0.5) is 0 Å². The maximum atomic E-state index is 5.58. The predicted molar refractivity (Wildman–Crippen MR) is 80.3 cm³/mol. The Morgan fingerprint density at radius 3 is 2.35 bits per heavy atom. The second-order valence-corrected chi connectivity index (χ2v) is 6.06. The maximum Gasteiger partial charge on any atom is 0.127 e. The second-order valence-electron chi connectivity index (χ2n) is 6.06. The van der Waals surface area contributed by atoms with Gasteiger partial charge in [0.15, 0.2) is 0 Å². The monoisotopic (exact) mass is 275 g/mol. The summed E-state index contributed by atoms with van der Waals surface area (Å²) in [7, 11) is 5.50. The zero-order valence-electron chi connectivity index (χ0n) is 12.7. The maximum absolute atomic E-state index is 5.58. The lowest BCUT2D eigenvalue weighted by Gasteiger charge is -2.20. The molecule has 0 aliphatic heterocycles. The summed E-state index contributed by atoms with van der Waals surface area (Å²) in [6.07, 6.45) is 5.64. The van der Waals surface area contributed by atoms with Gasteiger partial charge >= 0.3 is 0 Å². The fraction of sp³-hybridized carbons (Fsp3) is 0.647. The molecule has 2 fully saturated rings. The van der Waals surface area contributed by atoms with Gasteiger partial charge in [-0.3, -0.25) is 0 Å². The number of hydrogen-bond donors (Lipinski definition) is 1. The van der Waals surface area contributed by atoms with E-state index in [-0.39, 0.29) is 0 Å². The van der Waals surface area contributed by atoms with E-state index in [9.17, 15) is 0 Å². The van der Waals surface area contributed by atoms with E-state index < -0.39 is 0 Å². The largest absolute Gasteiger partial charge is 0.497 e. The first-order valence-electron chi connectivity index (χ1n) is 7.69. The summed E-state index contributed by atoms with van der Waals surface area (Å²) in [5.41, 5.74) is 1.27. The number of rotatable bonds is 5. The molecular formula is C17H25NO2. The molecule has 0 aromatic heterocycles. The van der Waals surface area contributed by atoms with Crippen LogP contribution >= 0.6 is 0 Å². The molecule has 1 aromatic rings. The van der Waals surface area contributed by atoms with Gasteiger partial charge in [0.2, 0.25) is 0 Å². The second kappa shape index (κ2) is 5.65. The Hall–Kier alpha value is -1.22. The summed E-state index contributed by atoms with van der Waals surface area (Å²) in [4.78, 5) is 0. The lowest BCUT2D eigenvalue weighted by Crippen LogP contribution is -2.20. The van der Waals surface area contributed by atoms with Crippen LogP contribution in [0, 0.1) is 17.8 Å². The molecule has 3 heteroatoms. The molecule has 0 heterocycles. The van der Waals surface area contributed by atoms with Crippen LogP contribution in [-0.2, 0) is 0 Å². The highest BCUT2D eigenvalue weighted by molar-refractivity contribution is 5.43. The minimum Gasteiger partial charge on any atom is -0.497 e. The Bertz CT molecular complexity index is 462. The van der Waals surface area contributed by atoms with Gasteiger partial charge in [0.05, 0.1) is 14.2 Å². The highest BCUT2D eigenvalue weighted by Gasteiger charge is 2.54. The number of hydrogen-bond acceptors (Lipinski definition) is 3. The van der Waals surface area contributed by atoms with E-state index in [0.29, 0.717) is 6.04 Å². The molecule has 1 aromatic carbocycles. The number of nitrogens with one attached hydrogen (secondary N) is 1. The SMILES string of the molecule is CNC(c1ccc(OC)cc1OC)C1C2CCCCC21. The molecule has 3 nitrogen and oxygen atoms in total. The molecule has 2 aliphatic rings. The third-order valence-corrected chi connectivity index (χ3v) is 5.19. The third-order valence-electron chi connectivity index (χ3n) is 5.19. The highest BCUT2D eigenvalue weighted by Crippen LogP contribution is 2.61. The van der Waals surface area contributed by atoms with E-state index in [0.717, 1.165) is 29.3 Å². The van der Waals surface area contributed by atoms with E-state index in [1.54, 1.807) is 14.2 Å². The van der Waals surface area contributed by atoms with Gasteiger partial charge in [-0.15, -0.1) is 0 Å². The Balaban J connectivity index is 1.86. The summed E-state index contributed by atoms with van der Waals surface area (Å²) in [6, 6.07) is 6.59. The molecule has 0 radical (unpaired) electrons. The fourth-order valence-corrected chi connectivity index (χ4v) is 4.17. The number of methoxy groups -OCH3 is 2. The minimum absolute atomic E-state index is 0.406. The van der Waals surface area contributed by atoms with Crippen LogP contribution in [0.2, 0.25) is 0 Å². The highest BCUT2D eigenvalue weighted by atomic mass is 16.5. The minimum atomic E-state index is 0.406. The first-order valence-corrected chi connectivity index (χ1v) is 7.69.